The predicted molar refractivity (Wildman–Crippen MR) is 84.2 cm³/mol. The molecule has 2 fully saturated rings. The molecule has 0 unspecified atom stereocenters. The number of hydrogen-bond acceptors (Lipinski definition) is 6. The summed E-state index contributed by atoms with van der Waals surface area (Å²) in [4.78, 5) is 59.7. The van der Waals surface area contributed by atoms with E-state index in [2.05, 4.69) is 10.6 Å². The van der Waals surface area contributed by atoms with Gasteiger partial charge in [-0.1, -0.05) is 12.8 Å². The van der Waals surface area contributed by atoms with Crippen LogP contribution >= 0.6 is 0 Å². The average Bonchev–Trinajstić information content (AvgIpc) is 3.06. The number of nitrogens with zero attached hydrogens (tertiary/aromatic N) is 1. The summed E-state index contributed by atoms with van der Waals surface area (Å²) in [7, 11) is 0. The Hall–Kier alpha value is -2.65. The highest BCUT2D eigenvalue weighted by molar-refractivity contribution is 6.09. The van der Waals surface area contributed by atoms with E-state index in [1.165, 1.54) is 0 Å². The molecule has 1 saturated heterocycles. The third-order valence-corrected chi connectivity index (χ3v) is 4.03. The number of rotatable bonds is 5. The minimum absolute atomic E-state index is 0.155. The van der Waals surface area contributed by atoms with Gasteiger partial charge in [0.1, 0.15) is 12.1 Å². The maximum atomic E-state index is 12.4. The van der Waals surface area contributed by atoms with Crippen molar-refractivity contribution in [2.45, 2.75) is 51.1 Å². The maximum absolute atomic E-state index is 12.4. The van der Waals surface area contributed by atoms with Gasteiger partial charge >= 0.3 is 18.0 Å². The second-order valence-electron chi connectivity index (χ2n) is 6.45. The van der Waals surface area contributed by atoms with Gasteiger partial charge in [0.15, 0.2) is 6.61 Å². The molecule has 1 saturated carbocycles. The predicted octanol–water partition coefficient (Wildman–Crippen LogP) is -0.372. The van der Waals surface area contributed by atoms with Crippen LogP contribution in [0.25, 0.3) is 0 Å². The number of ether oxygens (including phenoxy) is 1. The second kappa shape index (κ2) is 7.49. The number of hydrogen-bond donors (Lipinski definition) is 3. The van der Waals surface area contributed by atoms with E-state index in [0.29, 0.717) is 12.8 Å². The monoisotopic (exact) mass is 354 g/mol. The van der Waals surface area contributed by atoms with Crippen molar-refractivity contribution in [2.75, 3.05) is 13.2 Å². The molecule has 6 amide bonds. The molecule has 0 atom stereocenters. The van der Waals surface area contributed by atoms with E-state index in [-0.39, 0.29) is 6.04 Å². The molecule has 1 heterocycles. The third kappa shape index (κ3) is 4.46. The van der Waals surface area contributed by atoms with Crippen LogP contribution in [0.1, 0.15) is 39.5 Å². The summed E-state index contributed by atoms with van der Waals surface area (Å²) in [6, 6.07) is -1.49. The van der Waals surface area contributed by atoms with Crippen LogP contribution in [0.2, 0.25) is 0 Å². The fraction of sp³-hybridized carbons (Fsp3) is 0.667. The van der Waals surface area contributed by atoms with Gasteiger partial charge in [-0.3, -0.25) is 24.6 Å². The van der Waals surface area contributed by atoms with Crippen LogP contribution in [-0.4, -0.2) is 59.5 Å². The van der Waals surface area contributed by atoms with Crippen molar-refractivity contribution in [1.82, 2.24) is 20.9 Å². The Morgan fingerprint density at radius 2 is 1.88 bits per heavy atom. The van der Waals surface area contributed by atoms with Crippen molar-refractivity contribution < 1.29 is 28.7 Å². The van der Waals surface area contributed by atoms with Gasteiger partial charge in [0.25, 0.3) is 11.8 Å². The standard InChI is InChI=1S/C15H22N4O6/c1-9(2)16-13(23)17-10(20)8-25-11(21)7-19-12(22)15(18-14(19)24)5-3-4-6-15/h9H,3-8H2,1-2H3,(H,18,24)(H2,16,17,20,23). The molecule has 10 nitrogen and oxygen atoms in total. The van der Waals surface area contributed by atoms with Crippen LogP contribution in [0.5, 0.6) is 0 Å². The molecule has 0 bridgehead atoms. The van der Waals surface area contributed by atoms with Gasteiger partial charge < -0.3 is 15.4 Å². The Bertz CT molecular complexity index is 597. The molecule has 25 heavy (non-hydrogen) atoms. The van der Waals surface area contributed by atoms with Gasteiger partial charge in [0.2, 0.25) is 0 Å². The molecular weight excluding hydrogens is 332 g/mol. The van der Waals surface area contributed by atoms with Crippen molar-refractivity contribution in [1.29, 1.82) is 0 Å². The van der Waals surface area contributed by atoms with E-state index in [0.717, 1.165) is 17.7 Å². The topological polar surface area (TPSA) is 134 Å². The van der Waals surface area contributed by atoms with Crippen LogP contribution in [0.3, 0.4) is 0 Å². The minimum atomic E-state index is -0.905. The molecule has 2 aliphatic rings. The van der Waals surface area contributed by atoms with Crippen molar-refractivity contribution in [3.63, 3.8) is 0 Å². The number of carbonyl (C=O) groups excluding carboxylic acids is 5. The zero-order valence-electron chi connectivity index (χ0n) is 14.2. The Balaban J connectivity index is 1.78. The first-order valence-electron chi connectivity index (χ1n) is 8.13. The number of carbonyl (C=O) groups is 5. The molecule has 1 spiro atoms. The van der Waals surface area contributed by atoms with Gasteiger partial charge in [0.05, 0.1) is 0 Å². The van der Waals surface area contributed by atoms with Crippen LogP contribution in [0.15, 0.2) is 0 Å². The lowest BCUT2D eigenvalue weighted by Gasteiger charge is -2.19. The first kappa shape index (κ1) is 18.7. The Kier molecular flexibility index (Phi) is 5.60. The van der Waals surface area contributed by atoms with Gasteiger partial charge in [-0.2, -0.15) is 0 Å². The molecule has 1 aliphatic heterocycles. The molecule has 0 radical (unpaired) electrons. The second-order valence-corrected chi connectivity index (χ2v) is 6.45. The fourth-order valence-electron chi connectivity index (χ4n) is 2.92. The summed E-state index contributed by atoms with van der Waals surface area (Å²) in [5.41, 5.74) is -0.899. The summed E-state index contributed by atoms with van der Waals surface area (Å²) in [5.74, 6) is -2.15. The maximum Gasteiger partial charge on any atom is 0.326 e. The lowest BCUT2D eigenvalue weighted by atomic mass is 9.98. The highest BCUT2D eigenvalue weighted by atomic mass is 16.5. The van der Waals surface area contributed by atoms with Gasteiger partial charge in [-0.25, -0.2) is 9.59 Å². The van der Waals surface area contributed by atoms with Crippen molar-refractivity contribution >= 4 is 29.8 Å². The van der Waals surface area contributed by atoms with E-state index in [1.807, 2.05) is 5.32 Å². The quantitative estimate of drug-likeness (QED) is 0.455. The highest BCUT2D eigenvalue weighted by Crippen LogP contribution is 2.34. The molecule has 138 valence electrons. The zero-order valence-corrected chi connectivity index (χ0v) is 14.2. The zero-order chi connectivity index (χ0) is 18.6. The van der Waals surface area contributed by atoms with Crippen LogP contribution in [-0.2, 0) is 19.1 Å². The molecule has 3 N–H and O–H groups in total. The highest BCUT2D eigenvalue weighted by Gasteiger charge is 2.52. The fourth-order valence-corrected chi connectivity index (χ4v) is 2.92. The molecule has 1 aliphatic carbocycles. The minimum Gasteiger partial charge on any atom is -0.454 e. The number of nitrogens with one attached hydrogen (secondary N) is 3. The molecule has 10 heteroatoms. The summed E-state index contributed by atoms with van der Waals surface area (Å²) >= 11 is 0. The van der Waals surface area contributed by atoms with Crippen LogP contribution in [0.4, 0.5) is 9.59 Å². The number of amides is 6. The lowest BCUT2D eigenvalue weighted by Crippen LogP contribution is -2.45. The van der Waals surface area contributed by atoms with Crippen LogP contribution < -0.4 is 16.0 Å². The smallest absolute Gasteiger partial charge is 0.326 e. The lowest BCUT2D eigenvalue weighted by molar-refractivity contribution is -0.150. The van der Waals surface area contributed by atoms with E-state index < -0.39 is 48.5 Å². The first-order chi connectivity index (χ1) is 11.7. The van der Waals surface area contributed by atoms with E-state index in [4.69, 9.17) is 4.74 Å². The van der Waals surface area contributed by atoms with E-state index >= 15 is 0 Å². The largest absolute Gasteiger partial charge is 0.454 e. The van der Waals surface area contributed by atoms with E-state index in [9.17, 15) is 24.0 Å². The normalized spacial score (nSPS) is 18.4. The summed E-state index contributed by atoms with van der Waals surface area (Å²) in [6.07, 6.45) is 2.78. The Labute approximate surface area is 144 Å². The SMILES string of the molecule is CC(C)NC(=O)NC(=O)COC(=O)CN1C(=O)NC2(CCCC2)C1=O. The molecule has 0 aromatic heterocycles. The number of imide groups is 2. The summed E-state index contributed by atoms with van der Waals surface area (Å²) in [5, 5.41) is 7.07. The van der Waals surface area contributed by atoms with E-state index in [1.54, 1.807) is 13.8 Å². The van der Waals surface area contributed by atoms with Crippen molar-refractivity contribution in [2.24, 2.45) is 0 Å². The molecular formula is C15H22N4O6. The van der Waals surface area contributed by atoms with Crippen molar-refractivity contribution in [3.05, 3.63) is 0 Å². The summed E-state index contributed by atoms with van der Waals surface area (Å²) in [6.45, 7) is 2.19. The van der Waals surface area contributed by atoms with Gasteiger partial charge in [-0.15, -0.1) is 0 Å². The molecule has 0 aromatic rings. The average molecular weight is 354 g/mol. The Morgan fingerprint density at radius 1 is 1.24 bits per heavy atom. The Morgan fingerprint density at radius 3 is 2.48 bits per heavy atom. The third-order valence-electron chi connectivity index (χ3n) is 4.03. The van der Waals surface area contributed by atoms with Crippen LogP contribution in [0, 0.1) is 0 Å². The van der Waals surface area contributed by atoms with Gasteiger partial charge in [-0.05, 0) is 26.7 Å². The van der Waals surface area contributed by atoms with Gasteiger partial charge in [0, 0.05) is 6.04 Å². The number of urea groups is 2. The van der Waals surface area contributed by atoms with Crippen molar-refractivity contribution in [3.8, 4) is 0 Å². The molecule has 0 aromatic carbocycles. The molecule has 2 rings (SSSR count). The first-order valence-corrected chi connectivity index (χ1v) is 8.13. The summed E-state index contributed by atoms with van der Waals surface area (Å²) < 4.78 is 4.71. The number of esters is 1.